The third kappa shape index (κ3) is 3.77. The fraction of sp³-hybridized carbons (Fsp3) is 0.294. The molecule has 1 aromatic carbocycles. The first-order chi connectivity index (χ1) is 12.6. The van der Waals surface area contributed by atoms with Crippen molar-refractivity contribution < 1.29 is 32.2 Å². The fourth-order valence-electron chi connectivity index (χ4n) is 2.54. The van der Waals surface area contributed by atoms with Gasteiger partial charge in [-0.2, -0.15) is 13.2 Å². The Balaban J connectivity index is 2.80. The van der Waals surface area contributed by atoms with Gasteiger partial charge in [0.2, 0.25) is 11.5 Å². The van der Waals surface area contributed by atoms with Gasteiger partial charge in [0.25, 0.3) is 0 Å². The van der Waals surface area contributed by atoms with E-state index in [4.69, 9.17) is 37.4 Å². The zero-order valence-corrected chi connectivity index (χ0v) is 16.1. The molecular weight excluding hydrogens is 410 g/mol. The van der Waals surface area contributed by atoms with E-state index in [9.17, 15) is 18.0 Å². The van der Waals surface area contributed by atoms with Crippen LogP contribution in [-0.2, 0) is 6.18 Å². The Morgan fingerprint density at radius 1 is 1.04 bits per heavy atom. The summed E-state index contributed by atoms with van der Waals surface area (Å²) in [6.07, 6.45) is -4.33. The molecule has 1 aromatic heterocycles. The van der Waals surface area contributed by atoms with Crippen molar-refractivity contribution >= 4 is 29.0 Å². The Morgan fingerprint density at radius 2 is 1.63 bits per heavy atom. The Bertz CT molecular complexity index is 901. The lowest BCUT2D eigenvalue weighted by atomic mass is 9.97. The van der Waals surface area contributed by atoms with Crippen LogP contribution in [0.15, 0.2) is 12.3 Å². The highest BCUT2D eigenvalue weighted by Gasteiger charge is 2.37. The van der Waals surface area contributed by atoms with Crippen LogP contribution in [0.1, 0.15) is 27.0 Å². The van der Waals surface area contributed by atoms with Crippen molar-refractivity contribution in [3.05, 3.63) is 44.7 Å². The number of alkyl halides is 3. The van der Waals surface area contributed by atoms with E-state index < -0.39 is 33.3 Å². The van der Waals surface area contributed by atoms with Gasteiger partial charge in [-0.25, -0.2) is 4.98 Å². The summed E-state index contributed by atoms with van der Waals surface area (Å²) in [7, 11) is 4.00. The Labute approximate surface area is 163 Å². The minimum atomic E-state index is -4.81. The van der Waals surface area contributed by atoms with Gasteiger partial charge in [-0.1, -0.05) is 23.2 Å². The van der Waals surface area contributed by atoms with Gasteiger partial charge in [-0.15, -0.1) is 0 Å². The molecule has 0 fully saturated rings. The summed E-state index contributed by atoms with van der Waals surface area (Å²) < 4.78 is 55.0. The smallest absolute Gasteiger partial charge is 0.419 e. The molecule has 0 spiro atoms. The number of ether oxygens (including phenoxy) is 3. The van der Waals surface area contributed by atoms with E-state index in [1.807, 2.05) is 0 Å². The summed E-state index contributed by atoms with van der Waals surface area (Å²) >= 11 is 11.8. The highest BCUT2D eigenvalue weighted by atomic mass is 35.5. The van der Waals surface area contributed by atoms with Crippen molar-refractivity contribution in [3.63, 3.8) is 0 Å². The van der Waals surface area contributed by atoms with E-state index in [-0.39, 0.29) is 22.8 Å². The Hall–Kier alpha value is -2.19. The number of carbonyl (C=O) groups is 1. The van der Waals surface area contributed by atoms with E-state index in [1.165, 1.54) is 27.4 Å². The maximum Gasteiger partial charge on any atom is 0.419 e. The second-order valence-corrected chi connectivity index (χ2v) is 6.05. The molecule has 27 heavy (non-hydrogen) atoms. The number of benzene rings is 1. The number of nitrogens with zero attached hydrogens (tertiary/aromatic N) is 1. The van der Waals surface area contributed by atoms with E-state index >= 15 is 0 Å². The number of aromatic nitrogens is 1. The molecule has 2 rings (SSSR count). The topological polar surface area (TPSA) is 57.7 Å². The maximum absolute atomic E-state index is 13.1. The molecule has 146 valence electrons. The standard InChI is InChI=1S/C17H14Cl2F3NO4/c1-7-5-9(25-2)14(26-3)15(27-4)10(7)13(24)11-12(18)8(17(20,21)22)6-23-16(11)19/h5-6H,1-4H3. The van der Waals surface area contributed by atoms with Crippen molar-refractivity contribution in [1.29, 1.82) is 0 Å². The molecule has 0 N–H and O–H groups in total. The number of hydrogen-bond donors (Lipinski definition) is 0. The third-order valence-corrected chi connectivity index (χ3v) is 4.44. The van der Waals surface area contributed by atoms with E-state index in [2.05, 4.69) is 4.98 Å². The average Bonchev–Trinajstić information content (AvgIpc) is 2.59. The van der Waals surface area contributed by atoms with Crippen LogP contribution in [0.5, 0.6) is 17.2 Å². The van der Waals surface area contributed by atoms with Gasteiger partial charge in [0, 0.05) is 6.20 Å². The number of methoxy groups -OCH3 is 3. The third-order valence-electron chi connectivity index (χ3n) is 3.76. The monoisotopic (exact) mass is 423 g/mol. The van der Waals surface area contributed by atoms with Crippen LogP contribution in [0.4, 0.5) is 13.2 Å². The largest absolute Gasteiger partial charge is 0.493 e. The highest BCUT2D eigenvalue weighted by molar-refractivity contribution is 6.41. The first-order valence-corrected chi connectivity index (χ1v) is 8.09. The van der Waals surface area contributed by atoms with Gasteiger partial charge in [0.15, 0.2) is 11.5 Å². The molecule has 2 aromatic rings. The van der Waals surface area contributed by atoms with Crippen LogP contribution < -0.4 is 14.2 Å². The van der Waals surface area contributed by atoms with Crippen LogP contribution >= 0.6 is 23.2 Å². The van der Waals surface area contributed by atoms with E-state index in [0.717, 1.165) is 0 Å². The number of halogens is 5. The summed E-state index contributed by atoms with van der Waals surface area (Å²) in [4.78, 5) is 16.5. The minimum absolute atomic E-state index is 0.0242. The number of pyridine rings is 1. The van der Waals surface area contributed by atoms with Crippen molar-refractivity contribution in [2.45, 2.75) is 13.1 Å². The molecule has 0 unspecified atom stereocenters. The predicted molar refractivity (Wildman–Crippen MR) is 93.5 cm³/mol. The zero-order chi connectivity index (χ0) is 20.5. The molecule has 0 aliphatic heterocycles. The van der Waals surface area contributed by atoms with Crippen LogP contribution in [0.25, 0.3) is 0 Å². The number of ketones is 1. The summed E-state index contributed by atoms with van der Waals surface area (Å²) in [6, 6.07) is 1.48. The number of rotatable bonds is 5. The molecule has 0 saturated carbocycles. The SMILES string of the molecule is COc1cc(C)c(C(=O)c2c(Cl)ncc(C(F)(F)F)c2Cl)c(OC)c1OC. The van der Waals surface area contributed by atoms with Crippen LogP contribution in [0.2, 0.25) is 10.2 Å². The maximum atomic E-state index is 13.1. The normalized spacial score (nSPS) is 11.3. The van der Waals surface area contributed by atoms with Crippen molar-refractivity contribution in [1.82, 2.24) is 4.98 Å². The number of carbonyl (C=O) groups excluding carboxylic acids is 1. The lowest BCUT2D eigenvalue weighted by Gasteiger charge is -2.19. The van der Waals surface area contributed by atoms with Crippen LogP contribution in [0.3, 0.4) is 0 Å². The number of aryl methyl sites for hydroxylation is 1. The Morgan fingerprint density at radius 3 is 2.11 bits per heavy atom. The fourth-order valence-corrected chi connectivity index (χ4v) is 3.15. The van der Waals surface area contributed by atoms with Gasteiger partial charge < -0.3 is 14.2 Å². The van der Waals surface area contributed by atoms with Gasteiger partial charge in [0.1, 0.15) is 5.15 Å². The predicted octanol–water partition coefficient (Wildman–Crippen LogP) is 4.97. The van der Waals surface area contributed by atoms with Gasteiger partial charge in [-0.05, 0) is 18.6 Å². The van der Waals surface area contributed by atoms with E-state index in [1.54, 1.807) is 6.92 Å². The average molecular weight is 424 g/mol. The molecule has 0 aliphatic rings. The van der Waals surface area contributed by atoms with Crippen molar-refractivity contribution in [3.8, 4) is 17.2 Å². The molecule has 0 radical (unpaired) electrons. The molecule has 0 aliphatic carbocycles. The molecule has 0 saturated heterocycles. The van der Waals surface area contributed by atoms with Crippen molar-refractivity contribution in [2.75, 3.05) is 21.3 Å². The van der Waals surface area contributed by atoms with Gasteiger partial charge in [0.05, 0.1) is 43.0 Å². The molecule has 0 bridgehead atoms. The Kier molecular flexibility index (Phi) is 6.11. The van der Waals surface area contributed by atoms with Crippen LogP contribution in [-0.4, -0.2) is 32.1 Å². The molecule has 10 heteroatoms. The lowest BCUT2D eigenvalue weighted by Crippen LogP contribution is -2.14. The zero-order valence-electron chi connectivity index (χ0n) is 14.6. The first-order valence-electron chi connectivity index (χ1n) is 7.33. The molecular formula is C17H14Cl2F3NO4. The first kappa shape index (κ1) is 21.1. The second-order valence-electron chi connectivity index (χ2n) is 5.32. The van der Waals surface area contributed by atoms with E-state index in [0.29, 0.717) is 11.8 Å². The molecule has 0 atom stereocenters. The summed E-state index contributed by atoms with van der Waals surface area (Å²) in [5.41, 5.74) is -1.56. The second kappa shape index (κ2) is 7.82. The highest BCUT2D eigenvalue weighted by Crippen LogP contribution is 2.44. The van der Waals surface area contributed by atoms with Gasteiger partial charge >= 0.3 is 6.18 Å². The summed E-state index contributed by atoms with van der Waals surface area (Å²) in [5, 5.41) is -1.31. The molecule has 1 heterocycles. The summed E-state index contributed by atoms with van der Waals surface area (Å²) in [6.45, 7) is 1.56. The van der Waals surface area contributed by atoms with Crippen LogP contribution in [0, 0.1) is 6.92 Å². The van der Waals surface area contributed by atoms with Gasteiger partial charge in [-0.3, -0.25) is 4.79 Å². The molecule has 5 nitrogen and oxygen atoms in total. The molecule has 0 amide bonds. The quantitative estimate of drug-likeness (QED) is 0.501. The number of hydrogen-bond acceptors (Lipinski definition) is 5. The summed E-state index contributed by atoms with van der Waals surface area (Å²) in [5.74, 6) is -0.535. The minimum Gasteiger partial charge on any atom is -0.493 e. The lowest BCUT2D eigenvalue weighted by molar-refractivity contribution is -0.137. The van der Waals surface area contributed by atoms with Crippen molar-refractivity contribution in [2.24, 2.45) is 0 Å².